The molecule has 34 heavy (non-hydrogen) atoms. The molecule has 2 fully saturated rings. The first-order valence-electron chi connectivity index (χ1n) is 10.7. The number of β-lactam (4-membered cyclic amide) rings is 1. The molecule has 3 aliphatic rings. The van der Waals surface area contributed by atoms with Gasteiger partial charge in [-0.25, -0.2) is 9.10 Å². The first kappa shape index (κ1) is 25.6. The minimum Gasteiger partial charge on any atom is -0.349 e. The summed E-state index contributed by atoms with van der Waals surface area (Å²) in [7, 11) is -3.76. The Morgan fingerprint density at radius 3 is 2.44 bits per heavy atom. The fourth-order valence-corrected chi connectivity index (χ4v) is 4.73. The molecule has 2 heterocycles. The van der Waals surface area contributed by atoms with Gasteiger partial charge in [0.05, 0.1) is 6.54 Å². The standard InChI is InChI=1S/C19H27N5O9S/c1-3-22-9-10-23(16(27)15(22)26)18(29)20-13(12-7-5-4-6-8-12)14(25)21-19(33-2)11-24(17(19)28)34(30,31)32/h7,13H,3-6,8-11H2,1-2H3,(H,20,29)(H,21,25)(H,30,31,32). The van der Waals surface area contributed by atoms with Gasteiger partial charge in [0, 0.05) is 26.7 Å². The van der Waals surface area contributed by atoms with Gasteiger partial charge in [-0.3, -0.25) is 28.6 Å². The number of piperazine rings is 1. The van der Waals surface area contributed by atoms with Gasteiger partial charge in [-0.1, -0.05) is 6.08 Å². The molecule has 0 aromatic rings. The van der Waals surface area contributed by atoms with Crippen LogP contribution in [0.3, 0.4) is 0 Å². The largest absolute Gasteiger partial charge is 0.362 e. The zero-order chi connectivity index (χ0) is 25.3. The third kappa shape index (κ3) is 4.76. The Bertz CT molecular complexity index is 1040. The molecule has 0 spiro atoms. The maximum atomic E-state index is 13.2. The summed E-state index contributed by atoms with van der Waals surface area (Å²) in [6.07, 6.45) is 4.49. The van der Waals surface area contributed by atoms with Crippen LogP contribution < -0.4 is 10.6 Å². The number of nitrogens with one attached hydrogen (secondary N) is 2. The Morgan fingerprint density at radius 2 is 1.91 bits per heavy atom. The monoisotopic (exact) mass is 501 g/mol. The summed E-state index contributed by atoms with van der Waals surface area (Å²) in [6.45, 7) is 1.44. The molecule has 0 bridgehead atoms. The van der Waals surface area contributed by atoms with E-state index in [0.717, 1.165) is 24.9 Å². The fraction of sp³-hybridized carbons (Fsp3) is 0.632. The van der Waals surface area contributed by atoms with Crippen molar-refractivity contribution in [1.29, 1.82) is 0 Å². The van der Waals surface area contributed by atoms with E-state index in [1.807, 2.05) is 0 Å². The average Bonchev–Trinajstić information content (AvgIpc) is 2.80. The molecule has 1 aliphatic carbocycles. The third-order valence-corrected chi connectivity index (χ3v) is 6.90. The van der Waals surface area contributed by atoms with Crippen LogP contribution in [-0.4, -0.2) is 102 Å². The lowest BCUT2D eigenvalue weighted by atomic mass is 9.92. The van der Waals surface area contributed by atoms with Gasteiger partial charge in [-0.2, -0.15) is 8.42 Å². The van der Waals surface area contributed by atoms with Crippen LogP contribution in [0.2, 0.25) is 0 Å². The highest BCUT2D eigenvalue weighted by Crippen LogP contribution is 2.27. The van der Waals surface area contributed by atoms with Gasteiger partial charge >= 0.3 is 28.1 Å². The van der Waals surface area contributed by atoms with E-state index in [1.54, 1.807) is 13.0 Å². The molecule has 2 aliphatic heterocycles. The lowest BCUT2D eigenvalue weighted by molar-refractivity contribution is -0.180. The van der Waals surface area contributed by atoms with E-state index in [2.05, 4.69) is 10.6 Å². The van der Waals surface area contributed by atoms with Crippen molar-refractivity contribution >= 4 is 40.0 Å². The van der Waals surface area contributed by atoms with Gasteiger partial charge in [0.25, 0.3) is 5.91 Å². The lowest BCUT2D eigenvalue weighted by Crippen LogP contribution is -2.77. The first-order valence-corrected chi connectivity index (χ1v) is 12.1. The number of carbonyl (C=O) groups is 5. The number of urea groups is 1. The van der Waals surface area contributed by atoms with Gasteiger partial charge in [-0.05, 0) is 38.2 Å². The number of allylic oxidation sites excluding steroid dienone is 1. The van der Waals surface area contributed by atoms with Crippen molar-refractivity contribution in [1.82, 2.24) is 24.7 Å². The Morgan fingerprint density at radius 1 is 1.21 bits per heavy atom. The number of likely N-dealkylation sites (N-methyl/N-ethyl adjacent to an activating group) is 1. The zero-order valence-corrected chi connectivity index (χ0v) is 19.6. The predicted molar refractivity (Wildman–Crippen MR) is 114 cm³/mol. The number of carbonyl (C=O) groups excluding carboxylic acids is 5. The second-order valence-corrected chi connectivity index (χ2v) is 9.40. The number of methoxy groups -OCH3 is 1. The molecule has 2 saturated heterocycles. The van der Waals surface area contributed by atoms with E-state index in [1.165, 1.54) is 4.90 Å². The SMILES string of the molecule is CCN1CCN(C(=O)NC(C(=O)NC2(OC)CN(S(=O)(=O)O)C2=O)C2=CCCCC2)C(=O)C1=O. The maximum Gasteiger partial charge on any atom is 0.362 e. The number of hydrogen-bond donors (Lipinski definition) is 3. The predicted octanol–water partition coefficient (Wildman–Crippen LogP) is -1.64. The number of amides is 6. The van der Waals surface area contributed by atoms with Crippen LogP contribution in [0.4, 0.5) is 4.79 Å². The highest BCUT2D eigenvalue weighted by atomic mass is 32.2. The van der Waals surface area contributed by atoms with Crippen molar-refractivity contribution < 1.29 is 41.7 Å². The van der Waals surface area contributed by atoms with Gasteiger partial charge in [-0.15, -0.1) is 0 Å². The Hall–Kier alpha value is -3.04. The minimum atomic E-state index is -4.83. The molecular formula is C19H27N5O9S. The molecule has 2 atom stereocenters. The highest BCUT2D eigenvalue weighted by molar-refractivity contribution is 7.84. The van der Waals surface area contributed by atoms with Crippen molar-refractivity contribution in [2.45, 2.75) is 44.4 Å². The summed E-state index contributed by atoms with van der Waals surface area (Å²) < 4.78 is 36.8. The normalized spacial score (nSPS) is 24.4. The summed E-state index contributed by atoms with van der Waals surface area (Å²) in [5.41, 5.74) is -1.52. The van der Waals surface area contributed by atoms with E-state index in [0.29, 0.717) is 25.0 Å². The molecule has 3 N–H and O–H groups in total. The molecule has 2 unspecified atom stereocenters. The Labute approximate surface area is 196 Å². The van der Waals surface area contributed by atoms with Crippen molar-refractivity contribution in [3.05, 3.63) is 11.6 Å². The van der Waals surface area contributed by atoms with E-state index >= 15 is 0 Å². The third-order valence-electron chi connectivity index (χ3n) is 6.05. The van der Waals surface area contributed by atoms with Crippen LogP contribution in [0.5, 0.6) is 0 Å². The van der Waals surface area contributed by atoms with Crippen LogP contribution in [0.15, 0.2) is 11.6 Å². The van der Waals surface area contributed by atoms with E-state index in [4.69, 9.17) is 9.29 Å². The number of nitrogens with zero attached hydrogens (tertiary/aromatic N) is 3. The van der Waals surface area contributed by atoms with E-state index < -0.39 is 58.3 Å². The quantitative estimate of drug-likeness (QED) is 0.121. The molecule has 188 valence electrons. The van der Waals surface area contributed by atoms with Crippen LogP contribution in [0.25, 0.3) is 0 Å². The lowest BCUT2D eigenvalue weighted by Gasteiger charge is -2.45. The number of hydrogen-bond acceptors (Lipinski definition) is 8. The molecule has 0 aromatic heterocycles. The summed E-state index contributed by atoms with van der Waals surface area (Å²) in [5.74, 6) is -3.93. The van der Waals surface area contributed by atoms with Gasteiger partial charge < -0.3 is 20.3 Å². The summed E-state index contributed by atoms with van der Waals surface area (Å²) in [6, 6.07) is -2.26. The van der Waals surface area contributed by atoms with Gasteiger partial charge in [0.15, 0.2) is 0 Å². The van der Waals surface area contributed by atoms with Gasteiger partial charge in [0.1, 0.15) is 6.04 Å². The van der Waals surface area contributed by atoms with Crippen LogP contribution in [0.1, 0.15) is 32.6 Å². The van der Waals surface area contributed by atoms with Gasteiger partial charge in [0.2, 0.25) is 11.6 Å². The molecule has 6 amide bonds. The van der Waals surface area contributed by atoms with Crippen molar-refractivity contribution in [3.8, 4) is 0 Å². The molecule has 0 saturated carbocycles. The maximum absolute atomic E-state index is 13.2. The second kappa shape index (κ2) is 9.68. The summed E-state index contributed by atoms with van der Waals surface area (Å²) in [5, 5.41) is 4.77. The topological polar surface area (TPSA) is 183 Å². The van der Waals surface area contributed by atoms with Crippen molar-refractivity contribution in [3.63, 3.8) is 0 Å². The van der Waals surface area contributed by atoms with E-state index in [9.17, 15) is 32.4 Å². The summed E-state index contributed by atoms with van der Waals surface area (Å²) >= 11 is 0. The second-order valence-electron chi connectivity index (χ2n) is 8.06. The van der Waals surface area contributed by atoms with Crippen LogP contribution in [0, 0.1) is 0 Å². The van der Waals surface area contributed by atoms with E-state index in [-0.39, 0.29) is 17.4 Å². The number of ether oxygens (including phenoxy) is 1. The number of imide groups is 1. The van der Waals surface area contributed by atoms with Crippen molar-refractivity contribution in [2.75, 3.05) is 33.3 Å². The van der Waals surface area contributed by atoms with Crippen LogP contribution in [-0.2, 0) is 34.2 Å². The Kier molecular flexibility index (Phi) is 7.28. The average molecular weight is 502 g/mol. The zero-order valence-electron chi connectivity index (χ0n) is 18.8. The molecule has 3 rings (SSSR count). The highest BCUT2D eigenvalue weighted by Gasteiger charge is 2.59. The first-order chi connectivity index (χ1) is 15.9. The van der Waals surface area contributed by atoms with Crippen LogP contribution >= 0.6 is 0 Å². The Balaban J connectivity index is 1.79. The molecule has 0 aromatic carbocycles. The molecule has 0 radical (unpaired) electrons. The number of rotatable bonds is 7. The molecule has 14 nitrogen and oxygen atoms in total. The smallest absolute Gasteiger partial charge is 0.349 e. The summed E-state index contributed by atoms with van der Waals surface area (Å²) in [4.78, 5) is 64.9. The van der Waals surface area contributed by atoms with Crippen molar-refractivity contribution in [2.24, 2.45) is 0 Å². The fourth-order valence-electron chi connectivity index (χ4n) is 4.03. The molecular weight excluding hydrogens is 474 g/mol. The molecule has 15 heteroatoms. The minimum absolute atomic E-state index is 0.0541.